The van der Waals surface area contributed by atoms with Crippen LogP contribution < -0.4 is 10.6 Å². The van der Waals surface area contributed by atoms with Gasteiger partial charge in [0.1, 0.15) is 5.82 Å². The van der Waals surface area contributed by atoms with Crippen molar-refractivity contribution in [3.05, 3.63) is 64.9 Å². The molecule has 2 N–H and O–H groups in total. The minimum Gasteiger partial charge on any atom is -0.366 e. The highest BCUT2D eigenvalue weighted by Crippen LogP contribution is 2.21. The van der Waals surface area contributed by atoms with Crippen molar-refractivity contribution in [3.63, 3.8) is 0 Å². The molecule has 3 rings (SSSR count). The number of benzene rings is 1. The first-order valence-electron chi connectivity index (χ1n) is 8.14. The largest absolute Gasteiger partial charge is 0.366 e. The van der Waals surface area contributed by atoms with Gasteiger partial charge < -0.3 is 10.6 Å². The van der Waals surface area contributed by atoms with E-state index in [0.29, 0.717) is 12.5 Å². The topological polar surface area (TPSA) is 62.7 Å². The van der Waals surface area contributed by atoms with Gasteiger partial charge in [-0.2, -0.15) is 4.98 Å². The van der Waals surface area contributed by atoms with Crippen LogP contribution in [0.3, 0.4) is 0 Å². The Balaban J connectivity index is 1.86. The van der Waals surface area contributed by atoms with Crippen molar-refractivity contribution in [3.8, 4) is 11.3 Å². The molecule has 0 atom stereocenters. The Bertz CT molecular complexity index is 836. The van der Waals surface area contributed by atoms with Gasteiger partial charge in [0.05, 0.1) is 5.69 Å². The summed E-state index contributed by atoms with van der Waals surface area (Å²) in [7, 11) is 0. The molecule has 3 aromatic rings. The molecule has 0 aliphatic heterocycles. The van der Waals surface area contributed by atoms with Gasteiger partial charge in [-0.1, -0.05) is 28.1 Å². The van der Waals surface area contributed by atoms with Crippen LogP contribution in [-0.4, -0.2) is 21.0 Å². The van der Waals surface area contributed by atoms with Crippen LogP contribution in [0.2, 0.25) is 0 Å². The second-order valence-electron chi connectivity index (χ2n) is 5.99. The first-order chi connectivity index (χ1) is 12.1. The number of aromatic nitrogens is 3. The SMILES string of the molecule is CC(C)Nc1nc(NCc2cccc(Br)c2)cc(-c2cccnc2)n1. The minimum absolute atomic E-state index is 0.252. The molecule has 0 fully saturated rings. The normalized spacial score (nSPS) is 10.7. The van der Waals surface area contributed by atoms with Crippen molar-refractivity contribution in [1.82, 2.24) is 15.0 Å². The van der Waals surface area contributed by atoms with Crippen molar-refractivity contribution in [2.24, 2.45) is 0 Å². The molecule has 0 aliphatic carbocycles. The highest BCUT2D eigenvalue weighted by Gasteiger charge is 2.08. The molecule has 128 valence electrons. The van der Waals surface area contributed by atoms with Crippen LogP contribution in [0.5, 0.6) is 0 Å². The molecular formula is C19H20BrN5. The fourth-order valence-corrected chi connectivity index (χ4v) is 2.81. The summed E-state index contributed by atoms with van der Waals surface area (Å²) in [5, 5.41) is 6.65. The monoisotopic (exact) mass is 397 g/mol. The van der Waals surface area contributed by atoms with Crippen LogP contribution in [-0.2, 0) is 6.54 Å². The third-order valence-corrected chi connectivity index (χ3v) is 3.96. The number of halogens is 1. The molecule has 1 aromatic carbocycles. The molecule has 0 spiro atoms. The molecular weight excluding hydrogens is 378 g/mol. The maximum atomic E-state index is 4.60. The average Bonchev–Trinajstić information content (AvgIpc) is 2.60. The summed E-state index contributed by atoms with van der Waals surface area (Å²) in [6.07, 6.45) is 3.56. The van der Waals surface area contributed by atoms with Gasteiger partial charge in [-0.15, -0.1) is 0 Å². The van der Waals surface area contributed by atoms with E-state index in [-0.39, 0.29) is 6.04 Å². The second-order valence-corrected chi connectivity index (χ2v) is 6.90. The maximum absolute atomic E-state index is 4.60. The average molecular weight is 398 g/mol. The molecule has 6 heteroatoms. The molecule has 0 saturated carbocycles. The third-order valence-electron chi connectivity index (χ3n) is 3.46. The zero-order valence-electron chi connectivity index (χ0n) is 14.2. The number of nitrogens with one attached hydrogen (secondary N) is 2. The summed E-state index contributed by atoms with van der Waals surface area (Å²) in [6.45, 7) is 4.81. The van der Waals surface area contributed by atoms with E-state index in [1.807, 2.05) is 30.3 Å². The van der Waals surface area contributed by atoms with Crippen molar-refractivity contribution in [1.29, 1.82) is 0 Å². The van der Waals surface area contributed by atoms with E-state index in [1.165, 1.54) is 5.56 Å². The minimum atomic E-state index is 0.252. The number of rotatable bonds is 6. The second kappa shape index (κ2) is 8.07. The van der Waals surface area contributed by atoms with Crippen LogP contribution >= 0.6 is 15.9 Å². The van der Waals surface area contributed by atoms with Crippen LogP contribution in [0.1, 0.15) is 19.4 Å². The molecule has 25 heavy (non-hydrogen) atoms. The van der Waals surface area contributed by atoms with Gasteiger partial charge in [-0.05, 0) is 43.7 Å². The van der Waals surface area contributed by atoms with E-state index in [1.54, 1.807) is 12.4 Å². The summed E-state index contributed by atoms with van der Waals surface area (Å²) in [6, 6.07) is 14.3. The molecule has 0 aliphatic rings. The van der Waals surface area contributed by atoms with E-state index >= 15 is 0 Å². The molecule has 0 unspecified atom stereocenters. The number of anilines is 2. The smallest absolute Gasteiger partial charge is 0.225 e. The summed E-state index contributed by atoms with van der Waals surface area (Å²) in [5.74, 6) is 1.38. The fraction of sp³-hybridized carbons (Fsp3) is 0.211. The highest BCUT2D eigenvalue weighted by molar-refractivity contribution is 9.10. The lowest BCUT2D eigenvalue weighted by molar-refractivity contribution is 0.874. The van der Waals surface area contributed by atoms with Gasteiger partial charge in [-0.25, -0.2) is 4.98 Å². The lowest BCUT2D eigenvalue weighted by Gasteiger charge is -2.13. The van der Waals surface area contributed by atoms with Crippen LogP contribution in [0.15, 0.2) is 59.3 Å². The summed E-state index contributed by atoms with van der Waals surface area (Å²) < 4.78 is 1.06. The molecule has 2 aromatic heterocycles. The van der Waals surface area contributed by atoms with E-state index in [0.717, 1.165) is 21.5 Å². The predicted molar refractivity (Wildman–Crippen MR) is 105 cm³/mol. The standard InChI is InChI=1S/C19H20BrN5/c1-13(2)23-19-24-17(15-6-4-8-21-12-15)10-18(25-19)22-11-14-5-3-7-16(20)9-14/h3-10,12-13H,11H2,1-2H3,(H2,22,23,24,25). The number of hydrogen-bond acceptors (Lipinski definition) is 5. The van der Waals surface area contributed by atoms with Gasteiger partial charge >= 0.3 is 0 Å². The summed E-state index contributed by atoms with van der Waals surface area (Å²) in [5.41, 5.74) is 2.97. The molecule has 5 nitrogen and oxygen atoms in total. The molecule has 0 saturated heterocycles. The Morgan fingerprint density at radius 3 is 2.68 bits per heavy atom. The summed E-state index contributed by atoms with van der Waals surface area (Å²) in [4.78, 5) is 13.4. The van der Waals surface area contributed by atoms with Crippen molar-refractivity contribution in [2.45, 2.75) is 26.4 Å². The Kier molecular flexibility index (Phi) is 5.60. The highest BCUT2D eigenvalue weighted by atomic mass is 79.9. The lowest BCUT2D eigenvalue weighted by Crippen LogP contribution is -2.14. The van der Waals surface area contributed by atoms with Gasteiger partial charge in [0.25, 0.3) is 0 Å². The van der Waals surface area contributed by atoms with Crippen LogP contribution in [0.4, 0.5) is 11.8 Å². The van der Waals surface area contributed by atoms with E-state index < -0.39 is 0 Å². The molecule has 0 bridgehead atoms. The quantitative estimate of drug-likeness (QED) is 0.629. The Morgan fingerprint density at radius 1 is 1.08 bits per heavy atom. The van der Waals surface area contributed by atoms with E-state index in [9.17, 15) is 0 Å². The van der Waals surface area contributed by atoms with Gasteiger partial charge in [0.15, 0.2) is 0 Å². The van der Waals surface area contributed by atoms with Gasteiger partial charge in [0, 0.05) is 41.1 Å². The zero-order valence-corrected chi connectivity index (χ0v) is 15.8. The fourth-order valence-electron chi connectivity index (χ4n) is 2.36. The van der Waals surface area contributed by atoms with Gasteiger partial charge in [0.2, 0.25) is 5.95 Å². The Hall–Kier alpha value is -2.47. The number of hydrogen-bond donors (Lipinski definition) is 2. The van der Waals surface area contributed by atoms with Crippen molar-refractivity contribution in [2.75, 3.05) is 10.6 Å². The number of nitrogens with zero attached hydrogens (tertiary/aromatic N) is 3. The number of pyridine rings is 1. The maximum Gasteiger partial charge on any atom is 0.225 e. The van der Waals surface area contributed by atoms with Crippen LogP contribution in [0, 0.1) is 0 Å². The van der Waals surface area contributed by atoms with Gasteiger partial charge in [-0.3, -0.25) is 4.98 Å². The summed E-state index contributed by atoms with van der Waals surface area (Å²) >= 11 is 3.50. The van der Waals surface area contributed by atoms with E-state index in [2.05, 4.69) is 67.5 Å². The Morgan fingerprint density at radius 2 is 1.96 bits per heavy atom. The lowest BCUT2D eigenvalue weighted by atomic mass is 10.2. The van der Waals surface area contributed by atoms with Crippen molar-refractivity contribution < 1.29 is 0 Å². The first kappa shape index (κ1) is 17.4. The van der Waals surface area contributed by atoms with Crippen molar-refractivity contribution >= 4 is 27.7 Å². The molecule has 0 amide bonds. The molecule has 0 radical (unpaired) electrons. The zero-order chi connectivity index (χ0) is 17.6. The third kappa shape index (κ3) is 5.00. The van der Waals surface area contributed by atoms with E-state index in [4.69, 9.17) is 0 Å². The first-order valence-corrected chi connectivity index (χ1v) is 8.94. The Labute approximate surface area is 156 Å². The predicted octanol–water partition coefficient (Wildman–Crippen LogP) is 4.73. The van der Waals surface area contributed by atoms with Crippen LogP contribution in [0.25, 0.3) is 11.3 Å². The molecule has 2 heterocycles.